The van der Waals surface area contributed by atoms with Crippen molar-refractivity contribution in [2.45, 2.75) is 31.9 Å². The molecule has 1 saturated heterocycles. The van der Waals surface area contributed by atoms with Crippen LogP contribution >= 0.6 is 11.3 Å². The molecule has 0 unspecified atom stereocenters. The van der Waals surface area contributed by atoms with Gasteiger partial charge in [0, 0.05) is 13.2 Å². The highest BCUT2D eigenvalue weighted by molar-refractivity contribution is 7.13. The average molecular weight is 381 g/mol. The maximum absolute atomic E-state index is 11.7. The molecule has 1 atom stereocenters. The number of ether oxygens (including phenoxy) is 2. The topological polar surface area (TPSA) is 113 Å². The molecule has 0 aliphatic carbocycles. The van der Waals surface area contributed by atoms with E-state index in [4.69, 9.17) is 13.9 Å². The molecule has 1 amide bonds. The molecule has 1 aliphatic rings. The summed E-state index contributed by atoms with van der Waals surface area (Å²) in [6.45, 7) is 0.783. The maximum atomic E-state index is 11.7. The van der Waals surface area contributed by atoms with Crippen LogP contribution in [-0.2, 0) is 25.6 Å². The minimum absolute atomic E-state index is 0.0179. The standard InChI is InChI=1S/C16H19N3O6S/c20-13(17-9-11-3-1-7-23-11)10-24-14(21)5-6-19-16(22)25-15(18-19)12-4-2-8-26-12/h2,4,8,11H,1,3,5-7,9-10H2,(H,17,20)/t11-/m0/s1. The molecule has 2 aromatic heterocycles. The van der Waals surface area contributed by atoms with E-state index in [2.05, 4.69) is 10.4 Å². The number of hydrogen-bond donors (Lipinski definition) is 1. The Bertz CT molecular complexity index is 791. The number of carbonyl (C=O) groups excluding carboxylic acids is 2. The van der Waals surface area contributed by atoms with Crippen LogP contribution in [0.1, 0.15) is 19.3 Å². The highest BCUT2D eigenvalue weighted by atomic mass is 32.1. The Kier molecular flexibility index (Phi) is 6.18. The van der Waals surface area contributed by atoms with Crippen LogP contribution in [-0.4, -0.2) is 47.5 Å². The van der Waals surface area contributed by atoms with Crippen molar-refractivity contribution in [3.8, 4) is 10.8 Å². The molecule has 1 fully saturated rings. The summed E-state index contributed by atoms with van der Waals surface area (Å²) in [5.41, 5.74) is 0. The lowest BCUT2D eigenvalue weighted by Crippen LogP contribution is -2.35. The quantitative estimate of drug-likeness (QED) is 0.673. The van der Waals surface area contributed by atoms with E-state index < -0.39 is 11.7 Å². The van der Waals surface area contributed by atoms with Crippen LogP contribution in [0.4, 0.5) is 0 Å². The number of rotatable bonds is 8. The molecule has 2 aromatic rings. The summed E-state index contributed by atoms with van der Waals surface area (Å²) in [5.74, 6) is -1.40. The summed E-state index contributed by atoms with van der Waals surface area (Å²) in [7, 11) is 0. The maximum Gasteiger partial charge on any atom is 0.437 e. The monoisotopic (exact) mass is 381 g/mol. The van der Waals surface area contributed by atoms with Crippen molar-refractivity contribution in [3.63, 3.8) is 0 Å². The molecular formula is C16H19N3O6S. The summed E-state index contributed by atoms with van der Waals surface area (Å²) < 4.78 is 16.4. The number of aryl methyl sites for hydroxylation is 1. The van der Waals surface area contributed by atoms with Crippen LogP contribution in [0.25, 0.3) is 10.8 Å². The molecule has 140 valence electrons. The number of nitrogens with zero attached hydrogens (tertiary/aromatic N) is 2. The Hall–Kier alpha value is -2.46. The minimum Gasteiger partial charge on any atom is -0.456 e. The number of amides is 1. The van der Waals surface area contributed by atoms with Gasteiger partial charge in [-0.2, -0.15) is 4.68 Å². The van der Waals surface area contributed by atoms with Gasteiger partial charge in [-0.15, -0.1) is 16.4 Å². The van der Waals surface area contributed by atoms with E-state index in [1.165, 1.54) is 11.3 Å². The molecule has 0 spiro atoms. The SMILES string of the molecule is O=C(COC(=O)CCn1nc(-c2cccs2)oc1=O)NC[C@@H]1CCCO1. The number of thiophene rings is 1. The average Bonchev–Trinajstić information content (AvgIpc) is 3.37. The molecule has 0 bridgehead atoms. The third-order valence-corrected chi connectivity index (χ3v) is 4.64. The Morgan fingerprint density at radius 1 is 1.46 bits per heavy atom. The normalized spacial score (nSPS) is 16.5. The van der Waals surface area contributed by atoms with Crippen molar-refractivity contribution in [1.29, 1.82) is 0 Å². The summed E-state index contributed by atoms with van der Waals surface area (Å²) in [5, 5.41) is 8.54. The minimum atomic E-state index is -0.643. The molecule has 1 aliphatic heterocycles. The first-order valence-electron chi connectivity index (χ1n) is 8.27. The molecule has 10 heteroatoms. The van der Waals surface area contributed by atoms with E-state index in [0.717, 1.165) is 22.4 Å². The number of hydrogen-bond acceptors (Lipinski definition) is 8. The molecule has 3 rings (SSSR count). The van der Waals surface area contributed by atoms with Crippen LogP contribution in [0.3, 0.4) is 0 Å². The first kappa shape index (κ1) is 18.3. The van der Waals surface area contributed by atoms with Gasteiger partial charge in [0.25, 0.3) is 11.8 Å². The highest BCUT2D eigenvalue weighted by Gasteiger charge is 2.17. The van der Waals surface area contributed by atoms with Gasteiger partial charge in [-0.25, -0.2) is 4.79 Å². The molecule has 1 N–H and O–H groups in total. The van der Waals surface area contributed by atoms with E-state index in [1.807, 2.05) is 11.4 Å². The van der Waals surface area contributed by atoms with Gasteiger partial charge in [0.15, 0.2) is 6.61 Å². The van der Waals surface area contributed by atoms with Crippen molar-refractivity contribution in [2.75, 3.05) is 19.8 Å². The summed E-state index contributed by atoms with van der Waals surface area (Å²) in [4.78, 5) is 35.8. The lowest BCUT2D eigenvalue weighted by atomic mass is 10.2. The number of nitrogens with one attached hydrogen (secondary N) is 1. The fourth-order valence-corrected chi connectivity index (χ4v) is 3.09. The van der Waals surface area contributed by atoms with Gasteiger partial charge >= 0.3 is 11.7 Å². The van der Waals surface area contributed by atoms with E-state index >= 15 is 0 Å². The summed E-state index contributed by atoms with van der Waals surface area (Å²) in [6.07, 6.45) is 1.85. The van der Waals surface area contributed by atoms with Gasteiger partial charge in [-0.1, -0.05) is 6.07 Å². The summed E-state index contributed by atoms with van der Waals surface area (Å²) >= 11 is 1.39. The van der Waals surface area contributed by atoms with Gasteiger partial charge in [0.1, 0.15) is 0 Å². The van der Waals surface area contributed by atoms with Gasteiger partial charge in [0.2, 0.25) is 0 Å². The summed E-state index contributed by atoms with van der Waals surface area (Å²) in [6, 6.07) is 3.60. The third kappa shape index (κ3) is 5.02. The second-order valence-electron chi connectivity index (χ2n) is 5.72. The van der Waals surface area contributed by atoms with Crippen molar-refractivity contribution in [3.05, 3.63) is 28.1 Å². The second-order valence-corrected chi connectivity index (χ2v) is 6.67. The van der Waals surface area contributed by atoms with E-state index in [0.29, 0.717) is 13.2 Å². The molecule has 26 heavy (non-hydrogen) atoms. The number of aromatic nitrogens is 2. The van der Waals surface area contributed by atoms with Crippen LogP contribution in [0.5, 0.6) is 0 Å². The largest absolute Gasteiger partial charge is 0.456 e. The number of esters is 1. The first-order valence-corrected chi connectivity index (χ1v) is 9.15. The molecule has 9 nitrogen and oxygen atoms in total. The lowest BCUT2D eigenvalue weighted by molar-refractivity contribution is -0.148. The van der Waals surface area contributed by atoms with Crippen molar-refractivity contribution in [2.24, 2.45) is 0 Å². The zero-order chi connectivity index (χ0) is 18.4. The second kappa shape index (κ2) is 8.77. The molecule has 0 radical (unpaired) electrons. The third-order valence-electron chi connectivity index (χ3n) is 3.78. The fourth-order valence-electron chi connectivity index (χ4n) is 2.45. The fraction of sp³-hybridized carbons (Fsp3) is 0.500. The van der Waals surface area contributed by atoms with Crippen LogP contribution < -0.4 is 11.1 Å². The smallest absolute Gasteiger partial charge is 0.437 e. The molecule has 3 heterocycles. The Balaban J connectivity index is 1.38. The predicted molar refractivity (Wildman–Crippen MR) is 91.6 cm³/mol. The van der Waals surface area contributed by atoms with Gasteiger partial charge in [-0.3, -0.25) is 9.59 Å². The van der Waals surface area contributed by atoms with E-state index in [9.17, 15) is 14.4 Å². The zero-order valence-corrected chi connectivity index (χ0v) is 14.8. The number of carbonyl (C=O) groups is 2. The Morgan fingerprint density at radius 2 is 2.35 bits per heavy atom. The van der Waals surface area contributed by atoms with E-state index in [-0.39, 0.29) is 37.5 Å². The van der Waals surface area contributed by atoms with Crippen LogP contribution in [0.2, 0.25) is 0 Å². The van der Waals surface area contributed by atoms with E-state index in [1.54, 1.807) is 6.07 Å². The van der Waals surface area contributed by atoms with Crippen LogP contribution in [0.15, 0.2) is 26.7 Å². The molecule has 0 saturated carbocycles. The van der Waals surface area contributed by atoms with Gasteiger partial charge in [0.05, 0.1) is 23.9 Å². The Morgan fingerprint density at radius 3 is 3.08 bits per heavy atom. The van der Waals surface area contributed by atoms with Crippen molar-refractivity contribution in [1.82, 2.24) is 15.1 Å². The molecule has 0 aromatic carbocycles. The predicted octanol–water partition coefficient (Wildman–Crippen LogP) is 0.793. The molecular weight excluding hydrogens is 362 g/mol. The first-order chi connectivity index (χ1) is 12.6. The van der Waals surface area contributed by atoms with Gasteiger partial charge in [-0.05, 0) is 24.3 Å². The lowest BCUT2D eigenvalue weighted by Gasteiger charge is -2.10. The van der Waals surface area contributed by atoms with Crippen LogP contribution in [0, 0.1) is 0 Å². The van der Waals surface area contributed by atoms with Crippen molar-refractivity contribution < 1.29 is 23.5 Å². The highest BCUT2D eigenvalue weighted by Crippen LogP contribution is 2.21. The zero-order valence-electron chi connectivity index (χ0n) is 14.0. The van der Waals surface area contributed by atoms with Crippen molar-refractivity contribution >= 4 is 23.2 Å². The Labute approximate surface area is 152 Å². The van der Waals surface area contributed by atoms with Gasteiger partial charge < -0.3 is 19.2 Å².